The van der Waals surface area contributed by atoms with Gasteiger partial charge in [-0.25, -0.2) is 0 Å². The molecular weight excluding hydrogens is 307 g/mol. The van der Waals surface area contributed by atoms with E-state index >= 15 is 0 Å². The summed E-state index contributed by atoms with van der Waals surface area (Å²) in [6, 6.07) is 4.48. The van der Waals surface area contributed by atoms with Crippen molar-refractivity contribution in [3.05, 3.63) is 29.8 Å². The van der Waals surface area contributed by atoms with Crippen molar-refractivity contribution in [1.29, 1.82) is 0 Å². The van der Waals surface area contributed by atoms with Crippen LogP contribution in [0.2, 0.25) is 0 Å². The molecule has 0 bridgehead atoms. The van der Waals surface area contributed by atoms with Gasteiger partial charge < -0.3 is 10.2 Å². The molecule has 0 spiro atoms. The predicted molar refractivity (Wildman–Crippen MR) is 85.3 cm³/mol. The van der Waals surface area contributed by atoms with Crippen LogP contribution in [0.25, 0.3) is 0 Å². The topological polar surface area (TPSA) is 35.6 Å². The van der Waals surface area contributed by atoms with Crippen molar-refractivity contribution in [3.8, 4) is 0 Å². The Kier molecular flexibility index (Phi) is 7.02. The normalized spacial score (nSPS) is 13.4. The van der Waals surface area contributed by atoms with Crippen LogP contribution in [0.15, 0.2) is 24.3 Å². The maximum absolute atomic E-state index is 12.9. The zero-order valence-corrected chi connectivity index (χ0v) is 13.9. The Labute approximate surface area is 135 Å². The van der Waals surface area contributed by atoms with Crippen LogP contribution in [0.4, 0.5) is 18.9 Å². The van der Waals surface area contributed by atoms with Crippen molar-refractivity contribution in [2.75, 3.05) is 39.5 Å². The summed E-state index contributed by atoms with van der Waals surface area (Å²) in [5.41, 5.74) is -1.05. The molecule has 0 heterocycles. The number of halogens is 3. The van der Waals surface area contributed by atoms with Gasteiger partial charge in [-0.15, -0.1) is 0 Å². The van der Waals surface area contributed by atoms with Crippen LogP contribution in [0, 0.1) is 0 Å². The van der Waals surface area contributed by atoms with E-state index in [1.54, 1.807) is 14.0 Å². The van der Waals surface area contributed by atoms with Crippen LogP contribution < -0.4 is 5.32 Å². The number of para-hydroxylation sites is 1. The van der Waals surface area contributed by atoms with E-state index in [0.29, 0.717) is 6.54 Å². The summed E-state index contributed by atoms with van der Waals surface area (Å²) in [5, 5.41) is 2.39. The Bertz CT molecular complexity index is 518. The largest absolute Gasteiger partial charge is 0.418 e. The van der Waals surface area contributed by atoms with Crippen molar-refractivity contribution >= 4 is 11.6 Å². The summed E-state index contributed by atoms with van der Waals surface area (Å²) in [6.07, 6.45) is -3.62. The maximum atomic E-state index is 12.9. The summed E-state index contributed by atoms with van der Waals surface area (Å²) in [4.78, 5) is 16.1. The molecule has 0 fully saturated rings. The number of hydrogen-bond donors (Lipinski definition) is 1. The Morgan fingerprint density at radius 1 is 1.17 bits per heavy atom. The molecule has 23 heavy (non-hydrogen) atoms. The number of carbonyl (C=O) groups excluding carboxylic acids is 1. The minimum atomic E-state index is -4.50. The van der Waals surface area contributed by atoms with Crippen molar-refractivity contribution < 1.29 is 18.0 Å². The maximum Gasteiger partial charge on any atom is 0.418 e. The quantitative estimate of drug-likeness (QED) is 0.834. The molecule has 0 aliphatic heterocycles. The summed E-state index contributed by atoms with van der Waals surface area (Å²) >= 11 is 0. The lowest BCUT2D eigenvalue weighted by molar-refractivity contribution is -0.137. The van der Waals surface area contributed by atoms with Crippen LogP contribution in [0.5, 0.6) is 0 Å². The Morgan fingerprint density at radius 2 is 1.78 bits per heavy atom. The summed E-state index contributed by atoms with van der Waals surface area (Å²) in [7, 11) is 5.71. The Balaban J connectivity index is 2.69. The standard InChI is InChI=1S/C16H24F3N3O/c1-12(22(4)11-7-10-21(2)3)15(23)20-14-9-6-5-8-13(14)16(17,18)19/h5-6,8-9,12H,7,10-11H2,1-4H3,(H,20,23). The zero-order chi connectivity index (χ0) is 17.6. The molecule has 0 saturated carbocycles. The van der Waals surface area contributed by atoms with Gasteiger partial charge >= 0.3 is 6.18 Å². The fourth-order valence-electron chi connectivity index (χ4n) is 2.11. The van der Waals surface area contributed by atoms with Gasteiger partial charge in [-0.1, -0.05) is 12.1 Å². The minimum absolute atomic E-state index is 0.210. The second-order valence-corrected chi connectivity index (χ2v) is 5.85. The molecule has 1 aromatic rings. The molecule has 130 valence electrons. The van der Waals surface area contributed by atoms with E-state index in [1.165, 1.54) is 18.2 Å². The molecule has 1 N–H and O–H groups in total. The first-order chi connectivity index (χ1) is 10.6. The third-order valence-electron chi connectivity index (χ3n) is 3.65. The van der Waals surface area contributed by atoms with Crippen LogP contribution in [-0.2, 0) is 11.0 Å². The first-order valence-corrected chi connectivity index (χ1v) is 7.45. The van der Waals surface area contributed by atoms with Crippen LogP contribution in [-0.4, -0.2) is 56.0 Å². The number of amides is 1. The number of rotatable bonds is 7. The third-order valence-corrected chi connectivity index (χ3v) is 3.65. The van der Waals surface area contributed by atoms with Gasteiger partial charge in [0, 0.05) is 0 Å². The van der Waals surface area contributed by atoms with E-state index in [-0.39, 0.29) is 5.69 Å². The van der Waals surface area contributed by atoms with Crippen LogP contribution in [0.3, 0.4) is 0 Å². The molecular formula is C16H24F3N3O. The number of nitrogens with one attached hydrogen (secondary N) is 1. The highest BCUT2D eigenvalue weighted by atomic mass is 19.4. The minimum Gasteiger partial charge on any atom is -0.324 e. The fraction of sp³-hybridized carbons (Fsp3) is 0.562. The molecule has 7 heteroatoms. The first kappa shape index (κ1) is 19.4. The van der Waals surface area contributed by atoms with E-state index in [4.69, 9.17) is 0 Å². The van der Waals surface area contributed by atoms with E-state index in [1.807, 2.05) is 23.9 Å². The highest BCUT2D eigenvalue weighted by molar-refractivity contribution is 5.95. The molecule has 0 aromatic heterocycles. The molecule has 0 aliphatic rings. The average Bonchev–Trinajstić information content (AvgIpc) is 2.45. The number of alkyl halides is 3. The second-order valence-electron chi connectivity index (χ2n) is 5.85. The highest BCUT2D eigenvalue weighted by Crippen LogP contribution is 2.34. The molecule has 1 atom stereocenters. The predicted octanol–water partition coefficient (Wildman–Crippen LogP) is 2.92. The lowest BCUT2D eigenvalue weighted by atomic mass is 10.1. The van der Waals surface area contributed by atoms with Crippen molar-refractivity contribution in [1.82, 2.24) is 9.80 Å². The van der Waals surface area contributed by atoms with E-state index in [2.05, 4.69) is 5.32 Å². The van der Waals surface area contributed by atoms with Gasteiger partial charge in [-0.05, 0) is 59.7 Å². The summed E-state index contributed by atoms with van der Waals surface area (Å²) in [6.45, 7) is 3.25. The van der Waals surface area contributed by atoms with Gasteiger partial charge in [-0.2, -0.15) is 13.2 Å². The van der Waals surface area contributed by atoms with Crippen molar-refractivity contribution in [3.63, 3.8) is 0 Å². The van der Waals surface area contributed by atoms with E-state index in [9.17, 15) is 18.0 Å². The van der Waals surface area contributed by atoms with Crippen LogP contribution >= 0.6 is 0 Å². The summed E-state index contributed by atoms with van der Waals surface area (Å²) < 4.78 is 38.8. The van der Waals surface area contributed by atoms with Crippen molar-refractivity contribution in [2.45, 2.75) is 25.6 Å². The molecule has 1 unspecified atom stereocenters. The molecule has 1 aromatic carbocycles. The number of hydrogen-bond acceptors (Lipinski definition) is 3. The fourth-order valence-corrected chi connectivity index (χ4v) is 2.11. The number of nitrogens with zero attached hydrogens (tertiary/aromatic N) is 2. The van der Waals surface area contributed by atoms with Gasteiger partial charge in [0.2, 0.25) is 5.91 Å². The van der Waals surface area contributed by atoms with E-state index < -0.39 is 23.7 Å². The zero-order valence-electron chi connectivity index (χ0n) is 13.9. The number of likely N-dealkylation sites (N-methyl/N-ethyl adjacent to an activating group) is 1. The first-order valence-electron chi connectivity index (χ1n) is 7.45. The smallest absolute Gasteiger partial charge is 0.324 e. The number of anilines is 1. The Morgan fingerprint density at radius 3 is 2.35 bits per heavy atom. The summed E-state index contributed by atoms with van der Waals surface area (Å²) in [5.74, 6) is -0.450. The second kappa shape index (κ2) is 8.31. The van der Waals surface area contributed by atoms with Crippen molar-refractivity contribution in [2.24, 2.45) is 0 Å². The highest BCUT2D eigenvalue weighted by Gasteiger charge is 2.34. The van der Waals surface area contributed by atoms with E-state index in [0.717, 1.165) is 19.0 Å². The molecule has 4 nitrogen and oxygen atoms in total. The van der Waals surface area contributed by atoms with Gasteiger partial charge in [0.1, 0.15) is 0 Å². The third kappa shape index (κ3) is 6.19. The van der Waals surface area contributed by atoms with Gasteiger partial charge in [-0.3, -0.25) is 9.69 Å². The SMILES string of the molecule is CC(C(=O)Nc1ccccc1C(F)(F)F)N(C)CCCN(C)C. The molecule has 0 saturated heterocycles. The average molecular weight is 331 g/mol. The Hall–Kier alpha value is -1.60. The van der Waals surface area contributed by atoms with Gasteiger partial charge in [0.25, 0.3) is 0 Å². The van der Waals surface area contributed by atoms with Crippen LogP contribution in [0.1, 0.15) is 18.9 Å². The molecule has 0 aliphatic carbocycles. The number of carbonyl (C=O) groups is 1. The van der Waals surface area contributed by atoms with Gasteiger partial charge in [0.05, 0.1) is 17.3 Å². The lowest BCUT2D eigenvalue weighted by Gasteiger charge is -2.25. The lowest BCUT2D eigenvalue weighted by Crippen LogP contribution is -2.40. The van der Waals surface area contributed by atoms with Gasteiger partial charge in [0.15, 0.2) is 0 Å². The molecule has 1 amide bonds. The molecule has 0 radical (unpaired) electrons. The molecule has 1 rings (SSSR count). The number of benzene rings is 1. The monoisotopic (exact) mass is 331 g/mol.